The molecule has 0 fully saturated rings. The number of aliphatic hydroxyl groups is 1. The van der Waals surface area contributed by atoms with E-state index < -0.39 is 12.0 Å². The van der Waals surface area contributed by atoms with Crippen molar-refractivity contribution in [2.45, 2.75) is 12.7 Å². The second kappa shape index (κ2) is 9.69. The van der Waals surface area contributed by atoms with Crippen molar-refractivity contribution in [1.82, 2.24) is 5.43 Å². The van der Waals surface area contributed by atoms with E-state index in [9.17, 15) is 9.90 Å². The van der Waals surface area contributed by atoms with E-state index in [0.29, 0.717) is 17.9 Å². The SMILES string of the molecule is O=C(N/N=C/c1cccc(OCc2cccc3ccccc23)c1)C(O)c1ccccc1. The minimum atomic E-state index is -1.27. The summed E-state index contributed by atoms with van der Waals surface area (Å²) >= 11 is 0. The van der Waals surface area contributed by atoms with Crippen molar-refractivity contribution in [2.75, 3.05) is 0 Å². The number of benzene rings is 4. The molecule has 1 unspecified atom stereocenters. The van der Waals surface area contributed by atoms with Crippen LogP contribution in [0.1, 0.15) is 22.8 Å². The molecule has 0 aliphatic carbocycles. The summed E-state index contributed by atoms with van der Waals surface area (Å²) in [6.45, 7) is 0.446. The number of ether oxygens (including phenoxy) is 1. The number of nitrogens with one attached hydrogen (secondary N) is 1. The van der Waals surface area contributed by atoms with Gasteiger partial charge in [-0.25, -0.2) is 5.43 Å². The maximum atomic E-state index is 12.1. The van der Waals surface area contributed by atoms with E-state index >= 15 is 0 Å². The Bertz CT molecular complexity index is 1200. The number of carbonyl (C=O) groups is 1. The molecule has 4 rings (SSSR count). The standard InChI is InChI=1S/C26H22N2O3/c29-25(21-10-2-1-3-11-21)26(30)28-27-17-19-8-6-14-23(16-19)31-18-22-13-7-12-20-9-4-5-15-24(20)22/h1-17,25,29H,18H2,(H,28,30)/b27-17+. The second-order valence-electron chi connectivity index (χ2n) is 7.05. The summed E-state index contributed by atoms with van der Waals surface area (Å²) in [4.78, 5) is 12.1. The Morgan fingerprint density at radius 1 is 0.935 bits per heavy atom. The summed E-state index contributed by atoms with van der Waals surface area (Å²) in [7, 11) is 0. The van der Waals surface area contributed by atoms with Crippen molar-refractivity contribution in [3.8, 4) is 5.75 Å². The lowest BCUT2D eigenvalue weighted by Gasteiger charge is -2.10. The molecule has 4 aromatic carbocycles. The predicted molar refractivity (Wildman–Crippen MR) is 122 cm³/mol. The molecule has 0 heterocycles. The lowest BCUT2D eigenvalue weighted by molar-refractivity contribution is -0.129. The Labute approximate surface area is 180 Å². The first-order valence-electron chi connectivity index (χ1n) is 9.96. The van der Waals surface area contributed by atoms with Crippen molar-refractivity contribution in [3.63, 3.8) is 0 Å². The van der Waals surface area contributed by atoms with Crippen LogP contribution in [-0.2, 0) is 11.4 Å². The zero-order chi connectivity index (χ0) is 21.5. The number of amides is 1. The summed E-state index contributed by atoms with van der Waals surface area (Å²) in [5.74, 6) is 0.110. The van der Waals surface area contributed by atoms with E-state index in [4.69, 9.17) is 4.74 Å². The molecule has 154 valence electrons. The van der Waals surface area contributed by atoms with Crippen LogP contribution < -0.4 is 10.2 Å². The van der Waals surface area contributed by atoms with Gasteiger partial charge in [-0.05, 0) is 39.6 Å². The molecule has 0 aliphatic heterocycles. The summed E-state index contributed by atoms with van der Waals surface area (Å²) < 4.78 is 5.98. The Kier molecular flexibility index (Phi) is 6.35. The quantitative estimate of drug-likeness (QED) is 0.345. The molecule has 0 radical (unpaired) electrons. The van der Waals surface area contributed by atoms with Gasteiger partial charge in [0.1, 0.15) is 12.4 Å². The van der Waals surface area contributed by atoms with Crippen LogP contribution in [0.3, 0.4) is 0 Å². The summed E-state index contributed by atoms with van der Waals surface area (Å²) in [6.07, 6.45) is 0.245. The molecular formula is C26H22N2O3. The maximum absolute atomic E-state index is 12.1. The van der Waals surface area contributed by atoms with Crippen molar-refractivity contribution >= 4 is 22.9 Å². The fourth-order valence-corrected chi connectivity index (χ4v) is 3.28. The highest BCUT2D eigenvalue weighted by atomic mass is 16.5. The van der Waals surface area contributed by atoms with E-state index in [1.807, 2.05) is 48.5 Å². The zero-order valence-electron chi connectivity index (χ0n) is 16.8. The summed E-state index contributed by atoms with van der Waals surface area (Å²) in [5.41, 5.74) is 4.76. The second-order valence-corrected chi connectivity index (χ2v) is 7.05. The maximum Gasteiger partial charge on any atom is 0.273 e. The van der Waals surface area contributed by atoms with Crippen molar-refractivity contribution in [3.05, 3.63) is 114 Å². The van der Waals surface area contributed by atoms with Crippen LogP contribution in [0.15, 0.2) is 102 Å². The van der Waals surface area contributed by atoms with Crippen LogP contribution in [0.4, 0.5) is 0 Å². The lowest BCUT2D eigenvalue weighted by Crippen LogP contribution is -2.25. The number of aliphatic hydroxyl groups excluding tert-OH is 1. The number of hydrogen-bond donors (Lipinski definition) is 2. The van der Waals surface area contributed by atoms with Gasteiger partial charge in [0.25, 0.3) is 5.91 Å². The molecule has 0 bridgehead atoms. The van der Waals surface area contributed by atoms with E-state index in [1.54, 1.807) is 24.3 Å². The molecule has 5 heteroatoms. The van der Waals surface area contributed by atoms with E-state index in [-0.39, 0.29) is 0 Å². The van der Waals surface area contributed by atoms with Gasteiger partial charge in [-0.3, -0.25) is 4.79 Å². The molecule has 31 heavy (non-hydrogen) atoms. The molecule has 1 atom stereocenters. The first-order valence-corrected chi connectivity index (χ1v) is 9.96. The van der Waals surface area contributed by atoms with Gasteiger partial charge in [-0.2, -0.15) is 5.10 Å². The highest BCUT2D eigenvalue weighted by Gasteiger charge is 2.15. The third-order valence-electron chi connectivity index (χ3n) is 4.88. The molecular weight excluding hydrogens is 388 g/mol. The van der Waals surface area contributed by atoms with Gasteiger partial charge in [-0.15, -0.1) is 0 Å². The number of fused-ring (bicyclic) bond motifs is 1. The van der Waals surface area contributed by atoms with Crippen LogP contribution in [0.25, 0.3) is 10.8 Å². The predicted octanol–water partition coefficient (Wildman–Crippen LogP) is 4.60. The van der Waals surface area contributed by atoms with Gasteiger partial charge < -0.3 is 9.84 Å². The lowest BCUT2D eigenvalue weighted by atomic mass is 10.1. The summed E-state index contributed by atoms with van der Waals surface area (Å²) in [6, 6.07) is 30.5. The fourth-order valence-electron chi connectivity index (χ4n) is 3.28. The Morgan fingerprint density at radius 3 is 2.55 bits per heavy atom. The zero-order valence-corrected chi connectivity index (χ0v) is 16.8. The number of rotatable bonds is 7. The average molecular weight is 410 g/mol. The van der Waals surface area contributed by atoms with Crippen molar-refractivity contribution < 1.29 is 14.6 Å². The smallest absolute Gasteiger partial charge is 0.273 e. The third-order valence-corrected chi connectivity index (χ3v) is 4.88. The highest BCUT2D eigenvalue weighted by Crippen LogP contribution is 2.21. The number of hydrazone groups is 1. The average Bonchev–Trinajstić information content (AvgIpc) is 2.83. The van der Waals surface area contributed by atoms with Crippen LogP contribution in [-0.4, -0.2) is 17.2 Å². The summed E-state index contributed by atoms with van der Waals surface area (Å²) in [5, 5.41) is 16.4. The Morgan fingerprint density at radius 2 is 1.68 bits per heavy atom. The molecule has 0 aromatic heterocycles. The van der Waals surface area contributed by atoms with Crippen LogP contribution in [0.2, 0.25) is 0 Å². The van der Waals surface area contributed by atoms with Crippen LogP contribution >= 0.6 is 0 Å². The monoisotopic (exact) mass is 410 g/mol. The van der Waals surface area contributed by atoms with Gasteiger partial charge >= 0.3 is 0 Å². The molecule has 0 aliphatic rings. The van der Waals surface area contributed by atoms with Gasteiger partial charge in [0.05, 0.1) is 6.21 Å². The highest BCUT2D eigenvalue weighted by molar-refractivity contribution is 5.86. The largest absolute Gasteiger partial charge is 0.489 e. The third kappa shape index (κ3) is 5.15. The number of hydrogen-bond acceptors (Lipinski definition) is 4. The normalized spacial score (nSPS) is 12.0. The van der Waals surface area contributed by atoms with E-state index in [1.165, 1.54) is 17.0 Å². The fraction of sp³-hybridized carbons (Fsp3) is 0.0769. The molecule has 2 N–H and O–H groups in total. The molecule has 0 saturated heterocycles. The first kappa shape index (κ1) is 20.3. The molecule has 0 spiro atoms. The van der Waals surface area contributed by atoms with Crippen LogP contribution in [0, 0.1) is 0 Å². The van der Waals surface area contributed by atoms with Gasteiger partial charge in [0.2, 0.25) is 0 Å². The van der Waals surface area contributed by atoms with Crippen LogP contribution in [0.5, 0.6) is 5.75 Å². The van der Waals surface area contributed by atoms with Crippen molar-refractivity contribution in [1.29, 1.82) is 0 Å². The Hall–Kier alpha value is -3.96. The van der Waals surface area contributed by atoms with Gasteiger partial charge in [0.15, 0.2) is 6.10 Å². The van der Waals surface area contributed by atoms with E-state index in [0.717, 1.165) is 11.1 Å². The molecule has 4 aromatic rings. The van der Waals surface area contributed by atoms with Gasteiger partial charge in [0, 0.05) is 0 Å². The molecule has 5 nitrogen and oxygen atoms in total. The minimum Gasteiger partial charge on any atom is -0.489 e. The van der Waals surface area contributed by atoms with E-state index in [2.05, 4.69) is 34.8 Å². The molecule has 1 amide bonds. The molecule has 0 saturated carbocycles. The van der Waals surface area contributed by atoms with Gasteiger partial charge in [-0.1, -0.05) is 84.9 Å². The Balaban J connectivity index is 1.37. The number of nitrogens with zero attached hydrogens (tertiary/aromatic N) is 1. The number of carbonyl (C=O) groups excluding carboxylic acids is 1. The van der Waals surface area contributed by atoms with Crippen molar-refractivity contribution in [2.24, 2.45) is 5.10 Å². The first-order chi connectivity index (χ1) is 15.2. The topological polar surface area (TPSA) is 70.9 Å². The minimum absolute atomic E-state index is 0.446.